The van der Waals surface area contributed by atoms with Gasteiger partial charge < -0.3 is 5.73 Å². The second kappa shape index (κ2) is 6.96. The molecular formula is C16H23ClN2O2S. The van der Waals surface area contributed by atoms with Gasteiger partial charge in [-0.05, 0) is 34.9 Å². The van der Waals surface area contributed by atoms with Crippen molar-refractivity contribution in [1.29, 1.82) is 0 Å². The number of hydrogen-bond donors (Lipinski definition) is 1. The predicted octanol–water partition coefficient (Wildman–Crippen LogP) is 2.87. The van der Waals surface area contributed by atoms with Gasteiger partial charge in [-0.3, -0.25) is 0 Å². The molecule has 0 saturated carbocycles. The first kappa shape index (κ1) is 18.9. The lowest BCUT2D eigenvalue weighted by atomic mass is 9.94. The maximum absolute atomic E-state index is 12.7. The third kappa shape index (κ3) is 3.98. The minimum Gasteiger partial charge on any atom is -0.330 e. The Morgan fingerprint density at radius 3 is 2.27 bits per heavy atom. The summed E-state index contributed by atoms with van der Waals surface area (Å²) < 4.78 is 26.7. The molecule has 0 aromatic heterocycles. The van der Waals surface area contributed by atoms with Crippen LogP contribution >= 0.6 is 12.4 Å². The number of hydrogen-bond acceptors (Lipinski definition) is 3. The molecular weight excluding hydrogens is 320 g/mol. The van der Waals surface area contributed by atoms with Gasteiger partial charge in [0.1, 0.15) is 0 Å². The SMILES string of the molecule is CN(CC(C)(C)CN)S(=O)(=O)c1ccc2ccccc2c1.Cl. The summed E-state index contributed by atoms with van der Waals surface area (Å²) in [5, 5.41) is 1.95. The molecule has 4 nitrogen and oxygen atoms in total. The first-order valence-electron chi connectivity index (χ1n) is 6.91. The van der Waals surface area contributed by atoms with Crippen LogP contribution in [0.5, 0.6) is 0 Å². The van der Waals surface area contributed by atoms with E-state index in [9.17, 15) is 8.42 Å². The summed E-state index contributed by atoms with van der Waals surface area (Å²) in [5.74, 6) is 0. The number of benzene rings is 2. The highest BCUT2D eigenvalue weighted by molar-refractivity contribution is 7.89. The Balaban J connectivity index is 0.00000242. The van der Waals surface area contributed by atoms with Crippen LogP contribution in [0.15, 0.2) is 47.4 Å². The van der Waals surface area contributed by atoms with E-state index in [1.807, 2.05) is 44.2 Å². The first-order valence-corrected chi connectivity index (χ1v) is 8.35. The minimum atomic E-state index is -3.50. The molecule has 0 heterocycles. The summed E-state index contributed by atoms with van der Waals surface area (Å²) in [4.78, 5) is 0.316. The van der Waals surface area contributed by atoms with E-state index >= 15 is 0 Å². The van der Waals surface area contributed by atoms with Gasteiger partial charge in [0, 0.05) is 13.6 Å². The zero-order chi connectivity index (χ0) is 15.7. The van der Waals surface area contributed by atoms with Crippen LogP contribution < -0.4 is 5.73 Å². The molecule has 0 spiro atoms. The fourth-order valence-electron chi connectivity index (χ4n) is 2.26. The molecule has 2 rings (SSSR count). The molecule has 2 aromatic rings. The molecule has 2 N–H and O–H groups in total. The van der Waals surface area contributed by atoms with Gasteiger partial charge in [-0.1, -0.05) is 44.2 Å². The summed E-state index contributed by atoms with van der Waals surface area (Å²) in [6.45, 7) is 4.74. The van der Waals surface area contributed by atoms with E-state index in [0.29, 0.717) is 18.0 Å². The standard InChI is InChI=1S/C16H22N2O2S.ClH/c1-16(2,11-17)12-18(3)21(19,20)15-9-8-13-6-4-5-7-14(13)10-15;/h4-10H,11-12,17H2,1-3H3;1H. The van der Waals surface area contributed by atoms with Gasteiger partial charge in [0.05, 0.1) is 4.90 Å². The summed E-state index contributed by atoms with van der Waals surface area (Å²) in [7, 11) is -1.90. The van der Waals surface area contributed by atoms with Gasteiger partial charge in [0.2, 0.25) is 10.0 Å². The lowest BCUT2D eigenvalue weighted by molar-refractivity contribution is 0.292. The van der Waals surface area contributed by atoms with E-state index in [1.165, 1.54) is 4.31 Å². The average molecular weight is 343 g/mol. The van der Waals surface area contributed by atoms with Crippen LogP contribution in [0, 0.1) is 5.41 Å². The van der Waals surface area contributed by atoms with Crippen LogP contribution in [0.4, 0.5) is 0 Å². The van der Waals surface area contributed by atoms with Gasteiger partial charge in [0.15, 0.2) is 0 Å². The van der Waals surface area contributed by atoms with Gasteiger partial charge in [0.25, 0.3) is 0 Å². The van der Waals surface area contributed by atoms with Crippen LogP contribution in [0.3, 0.4) is 0 Å². The smallest absolute Gasteiger partial charge is 0.242 e. The normalized spacial score (nSPS) is 12.4. The van der Waals surface area contributed by atoms with Crippen molar-refractivity contribution in [3.8, 4) is 0 Å². The van der Waals surface area contributed by atoms with Crippen molar-refractivity contribution in [2.75, 3.05) is 20.1 Å². The third-order valence-corrected chi connectivity index (χ3v) is 5.43. The molecule has 0 saturated heterocycles. The van der Waals surface area contributed by atoms with E-state index in [-0.39, 0.29) is 17.8 Å². The number of nitrogens with zero attached hydrogens (tertiary/aromatic N) is 1. The first-order chi connectivity index (χ1) is 9.76. The number of sulfonamides is 1. The molecule has 0 aliphatic rings. The van der Waals surface area contributed by atoms with Crippen LogP contribution in [0.25, 0.3) is 10.8 Å². The van der Waals surface area contributed by atoms with Crippen molar-refractivity contribution in [3.63, 3.8) is 0 Å². The Labute approximate surface area is 138 Å². The second-order valence-corrected chi connectivity index (χ2v) is 8.18. The average Bonchev–Trinajstić information content (AvgIpc) is 2.46. The van der Waals surface area contributed by atoms with Crippen molar-refractivity contribution in [2.45, 2.75) is 18.7 Å². The monoisotopic (exact) mass is 342 g/mol. The van der Waals surface area contributed by atoms with Gasteiger partial charge in [-0.15, -0.1) is 12.4 Å². The predicted molar refractivity (Wildman–Crippen MR) is 93.8 cm³/mol. The molecule has 2 aromatic carbocycles. The molecule has 0 unspecified atom stereocenters. The molecule has 0 atom stereocenters. The minimum absolute atomic E-state index is 0. The van der Waals surface area contributed by atoms with Gasteiger partial charge in [-0.2, -0.15) is 0 Å². The topological polar surface area (TPSA) is 63.4 Å². The highest BCUT2D eigenvalue weighted by Crippen LogP contribution is 2.23. The van der Waals surface area contributed by atoms with E-state index in [1.54, 1.807) is 19.2 Å². The van der Waals surface area contributed by atoms with Crippen LogP contribution in [-0.4, -0.2) is 32.9 Å². The number of nitrogens with two attached hydrogens (primary N) is 1. The Kier molecular flexibility index (Phi) is 5.98. The number of fused-ring (bicyclic) bond motifs is 1. The Hall–Kier alpha value is -1.14. The zero-order valence-corrected chi connectivity index (χ0v) is 14.7. The second-order valence-electron chi connectivity index (χ2n) is 6.14. The molecule has 122 valence electrons. The summed E-state index contributed by atoms with van der Waals surface area (Å²) in [6.07, 6.45) is 0. The van der Waals surface area contributed by atoms with Crippen LogP contribution in [0.1, 0.15) is 13.8 Å². The van der Waals surface area contributed by atoms with Crippen LogP contribution in [0.2, 0.25) is 0 Å². The molecule has 22 heavy (non-hydrogen) atoms. The fourth-order valence-corrected chi connectivity index (χ4v) is 3.66. The maximum Gasteiger partial charge on any atom is 0.242 e. The Morgan fingerprint density at radius 2 is 1.68 bits per heavy atom. The Morgan fingerprint density at radius 1 is 1.09 bits per heavy atom. The number of rotatable bonds is 5. The van der Waals surface area contributed by atoms with E-state index in [4.69, 9.17) is 5.73 Å². The fraction of sp³-hybridized carbons (Fsp3) is 0.375. The molecule has 0 amide bonds. The molecule has 0 aliphatic carbocycles. The molecule has 6 heteroatoms. The Bertz CT molecular complexity index is 745. The lowest BCUT2D eigenvalue weighted by Crippen LogP contribution is -2.39. The van der Waals surface area contributed by atoms with E-state index < -0.39 is 10.0 Å². The number of halogens is 1. The lowest BCUT2D eigenvalue weighted by Gasteiger charge is -2.28. The molecule has 0 radical (unpaired) electrons. The van der Waals surface area contributed by atoms with E-state index in [0.717, 1.165) is 10.8 Å². The molecule has 0 fully saturated rings. The van der Waals surface area contributed by atoms with Gasteiger partial charge in [-0.25, -0.2) is 12.7 Å². The van der Waals surface area contributed by atoms with Crippen molar-refractivity contribution < 1.29 is 8.42 Å². The zero-order valence-electron chi connectivity index (χ0n) is 13.1. The summed E-state index contributed by atoms with van der Waals surface area (Å²) in [6, 6.07) is 12.9. The summed E-state index contributed by atoms with van der Waals surface area (Å²) in [5.41, 5.74) is 5.44. The molecule has 0 bridgehead atoms. The molecule has 0 aliphatic heterocycles. The van der Waals surface area contributed by atoms with Crippen molar-refractivity contribution in [3.05, 3.63) is 42.5 Å². The van der Waals surface area contributed by atoms with E-state index in [2.05, 4.69) is 0 Å². The van der Waals surface area contributed by atoms with Crippen molar-refractivity contribution in [1.82, 2.24) is 4.31 Å². The van der Waals surface area contributed by atoms with Crippen molar-refractivity contribution >= 4 is 33.2 Å². The highest BCUT2D eigenvalue weighted by atomic mass is 35.5. The van der Waals surface area contributed by atoms with Crippen molar-refractivity contribution in [2.24, 2.45) is 11.1 Å². The third-order valence-electron chi connectivity index (χ3n) is 3.63. The van der Waals surface area contributed by atoms with Crippen LogP contribution in [-0.2, 0) is 10.0 Å². The summed E-state index contributed by atoms with van der Waals surface area (Å²) >= 11 is 0. The highest BCUT2D eigenvalue weighted by Gasteiger charge is 2.27. The quantitative estimate of drug-likeness (QED) is 0.908. The van der Waals surface area contributed by atoms with Gasteiger partial charge >= 0.3 is 0 Å². The maximum atomic E-state index is 12.7. The largest absolute Gasteiger partial charge is 0.330 e.